The van der Waals surface area contributed by atoms with Gasteiger partial charge in [0.05, 0.1) is 12.6 Å². The maximum Gasteiger partial charge on any atom is 0.466 e. The number of hydrogen-bond acceptors (Lipinski definition) is 5. The fraction of sp³-hybridized carbons (Fsp3) is 0.105. The second kappa shape index (κ2) is 6.61. The minimum atomic E-state index is -0.799. The molecule has 0 aliphatic carbocycles. The van der Waals surface area contributed by atoms with Crippen LogP contribution in [0.15, 0.2) is 60.0 Å². The van der Waals surface area contributed by atoms with Crippen LogP contribution in [0.5, 0.6) is 0 Å². The van der Waals surface area contributed by atoms with Crippen LogP contribution < -0.4 is 10.8 Å². The molecule has 0 bridgehead atoms. The minimum absolute atomic E-state index is 0.117. The zero-order chi connectivity index (χ0) is 18.1. The first kappa shape index (κ1) is 16.3. The number of nitrogens with one attached hydrogen (secondary N) is 1. The molecule has 0 radical (unpaired) electrons. The number of nitrogens with zero attached hydrogens (tertiary/aromatic N) is 3. The van der Waals surface area contributed by atoms with Gasteiger partial charge in [0.15, 0.2) is 0 Å². The Balaban J connectivity index is 1.55. The molecule has 1 aliphatic rings. The van der Waals surface area contributed by atoms with Crippen LogP contribution in [0.4, 0.5) is 5.69 Å². The quantitative estimate of drug-likeness (QED) is 0.704. The van der Waals surface area contributed by atoms with Crippen molar-refractivity contribution in [3.63, 3.8) is 0 Å². The highest BCUT2D eigenvalue weighted by atomic mass is 16.2. The predicted octanol–water partition coefficient (Wildman–Crippen LogP) is 1.38. The summed E-state index contributed by atoms with van der Waals surface area (Å²) >= 11 is 0. The van der Waals surface area contributed by atoms with Crippen molar-refractivity contribution >= 4 is 41.1 Å². The SMILES string of the molecule is CN1N=Cc2c(CC(=O)Nc3ccc4cnccc4c3)cccc2B1O. The first-order valence-corrected chi connectivity index (χ1v) is 8.32. The maximum atomic E-state index is 12.5. The summed E-state index contributed by atoms with van der Waals surface area (Å²) in [5.74, 6) is -0.117. The molecule has 0 atom stereocenters. The van der Waals surface area contributed by atoms with Gasteiger partial charge in [0.2, 0.25) is 5.91 Å². The molecule has 0 saturated carbocycles. The van der Waals surface area contributed by atoms with Gasteiger partial charge in [0.25, 0.3) is 0 Å². The van der Waals surface area contributed by atoms with E-state index in [4.69, 9.17) is 0 Å². The van der Waals surface area contributed by atoms with Crippen molar-refractivity contribution in [2.45, 2.75) is 6.42 Å². The van der Waals surface area contributed by atoms with Gasteiger partial charge in [-0.25, -0.2) is 0 Å². The number of hydrogen-bond donors (Lipinski definition) is 2. The average Bonchev–Trinajstić information content (AvgIpc) is 2.65. The molecule has 0 saturated heterocycles. The number of carbonyl (C=O) groups excluding carboxylic acids is 1. The van der Waals surface area contributed by atoms with Crippen LogP contribution in [-0.4, -0.2) is 41.1 Å². The van der Waals surface area contributed by atoms with Crippen molar-refractivity contribution in [2.75, 3.05) is 12.4 Å². The number of benzene rings is 2. The van der Waals surface area contributed by atoms with Crippen LogP contribution in [0.2, 0.25) is 0 Å². The summed E-state index contributed by atoms with van der Waals surface area (Å²) in [6, 6.07) is 13.2. The normalized spacial score (nSPS) is 13.0. The second-order valence-corrected chi connectivity index (χ2v) is 6.27. The minimum Gasteiger partial charge on any atom is -0.428 e. The number of aromatic nitrogens is 1. The molecule has 7 heteroatoms. The Morgan fingerprint density at radius 2 is 2.12 bits per heavy atom. The highest BCUT2D eigenvalue weighted by molar-refractivity contribution is 6.65. The first-order valence-electron chi connectivity index (χ1n) is 8.32. The third kappa shape index (κ3) is 3.04. The van der Waals surface area contributed by atoms with E-state index in [-0.39, 0.29) is 12.3 Å². The number of fused-ring (bicyclic) bond motifs is 2. The van der Waals surface area contributed by atoms with Gasteiger partial charge >= 0.3 is 7.05 Å². The van der Waals surface area contributed by atoms with Crippen LogP contribution in [0, 0.1) is 0 Å². The molecule has 1 amide bonds. The van der Waals surface area contributed by atoms with Crippen molar-refractivity contribution in [3.05, 3.63) is 66.0 Å². The Labute approximate surface area is 151 Å². The Bertz CT molecular complexity index is 1020. The molecule has 2 aromatic carbocycles. The highest BCUT2D eigenvalue weighted by Gasteiger charge is 2.27. The number of pyridine rings is 1. The molecule has 6 nitrogen and oxygen atoms in total. The van der Waals surface area contributed by atoms with Gasteiger partial charge in [0, 0.05) is 30.5 Å². The summed E-state index contributed by atoms with van der Waals surface area (Å²) in [5.41, 5.74) is 3.14. The first-order chi connectivity index (χ1) is 12.6. The monoisotopic (exact) mass is 344 g/mol. The van der Waals surface area contributed by atoms with Crippen LogP contribution in [0.1, 0.15) is 11.1 Å². The lowest BCUT2D eigenvalue weighted by atomic mass is 9.69. The fourth-order valence-electron chi connectivity index (χ4n) is 3.12. The molecule has 0 unspecified atom stereocenters. The van der Waals surface area contributed by atoms with Crippen LogP contribution in [0.3, 0.4) is 0 Å². The van der Waals surface area contributed by atoms with Crippen molar-refractivity contribution in [1.82, 2.24) is 9.90 Å². The lowest BCUT2D eigenvalue weighted by molar-refractivity contribution is -0.115. The third-order valence-corrected chi connectivity index (χ3v) is 4.51. The summed E-state index contributed by atoms with van der Waals surface area (Å²) in [6.07, 6.45) is 5.42. The van der Waals surface area contributed by atoms with E-state index in [1.54, 1.807) is 25.7 Å². The molecule has 0 fully saturated rings. The summed E-state index contributed by atoms with van der Waals surface area (Å²) in [7, 11) is 0.908. The van der Waals surface area contributed by atoms with Gasteiger partial charge in [-0.1, -0.05) is 24.3 Å². The summed E-state index contributed by atoms with van der Waals surface area (Å²) in [6.45, 7) is 0. The fourth-order valence-corrected chi connectivity index (χ4v) is 3.12. The number of anilines is 1. The molecule has 2 N–H and O–H groups in total. The molecule has 128 valence electrons. The van der Waals surface area contributed by atoms with E-state index >= 15 is 0 Å². The molecule has 1 aromatic heterocycles. The van der Waals surface area contributed by atoms with E-state index in [1.165, 1.54) is 4.92 Å². The molecule has 1 aliphatic heterocycles. The van der Waals surface area contributed by atoms with Crippen LogP contribution in [-0.2, 0) is 11.2 Å². The average molecular weight is 344 g/mol. The highest BCUT2D eigenvalue weighted by Crippen LogP contribution is 2.18. The Morgan fingerprint density at radius 3 is 3.00 bits per heavy atom. The predicted molar refractivity (Wildman–Crippen MR) is 103 cm³/mol. The maximum absolute atomic E-state index is 12.5. The van der Waals surface area contributed by atoms with Gasteiger partial charge in [0.1, 0.15) is 0 Å². The zero-order valence-electron chi connectivity index (χ0n) is 14.3. The molecule has 4 rings (SSSR count). The largest absolute Gasteiger partial charge is 0.466 e. The van der Waals surface area contributed by atoms with E-state index in [0.29, 0.717) is 0 Å². The Kier molecular flexibility index (Phi) is 4.14. The van der Waals surface area contributed by atoms with E-state index in [2.05, 4.69) is 15.4 Å². The second-order valence-electron chi connectivity index (χ2n) is 6.27. The molecular formula is C19H17BN4O2. The summed E-state index contributed by atoms with van der Waals surface area (Å²) in [5, 5.41) is 19.4. The number of amides is 1. The number of hydrazone groups is 1. The lowest BCUT2D eigenvalue weighted by Crippen LogP contribution is -2.48. The zero-order valence-corrected chi connectivity index (χ0v) is 14.3. The van der Waals surface area contributed by atoms with Gasteiger partial charge < -0.3 is 15.3 Å². The van der Waals surface area contributed by atoms with Gasteiger partial charge in [-0.3, -0.25) is 9.78 Å². The molecular weight excluding hydrogens is 327 g/mol. The van der Waals surface area contributed by atoms with Crippen molar-refractivity contribution in [3.8, 4) is 0 Å². The summed E-state index contributed by atoms with van der Waals surface area (Å²) < 4.78 is 0. The lowest BCUT2D eigenvalue weighted by Gasteiger charge is -2.24. The van der Waals surface area contributed by atoms with E-state index in [9.17, 15) is 9.82 Å². The van der Waals surface area contributed by atoms with Crippen molar-refractivity contribution in [2.24, 2.45) is 5.10 Å². The van der Waals surface area contributed by atoms with Crippen molar-refractivity contribution in [1.29, 1.82) is 0 Å². The van der Waals surface area contributed by atoms with Crippen LogP contribution in [0.25, 0.3) is 10.8 Å². The van der Waals surface area contributed by atoms with Crippen molar-refractivity contribution < 1.29 is 9.82 Å². The Morgan fingerprint density at radius 1 is 1.23 bits per heavy atom. The van der Waals surface area contributed by atoms with E-state index in [0.717, 1.165) is 33.0 Å². The molecule has 3 aromatic rings. The Hall–Kier alpha value is -3.19. The summed E-state index contributed by atoms with van der Waals surface area (Å²) in [4.78, 5) is 18.1. The number of rotatable bonds is 3. The molecule has 0 spiro atoms. The van der Waals surface area contributed by atoms with Crippen LogP contribution >= 0.6 is 0 Å². The molecule has 26 heavy (non-hydrogen) atoms. The van der Waals surface area contributed by atoms with E-state index in [1.807, 2.05) is 42.5 Å². The molecule has 2 heterocycles. The van der Waals surface area contributed by atoms with Gasteiger partial charge in [-0.2, -0.15) is 5.10 Å². The number of carbonyl (C=O) groups is 1. The van der Waals surface area contributed by atoms with E-state index < -0.39 is 7.05 Å². The topological polar surface area (TPSA) is 77.8 Å². The smallest absolute Gasteiger partial charge is 0.428 e. The van der Waals surface area contributed by atoms with Gasteiger partial charge in [-0.15, -0.1) is 0 Å². The standard InChI is InChI=1S/C19H17BN4O2/c1-24-20(26)18-4-2-3-14(17(18)12-22-24)10-19(25)23-16-6-5-15-11-21-8-7-13(15)9-16/h2-9,11-12,26H,10H2,1H3,(H,23,25). The van der Waals surface area contributed by atoms with Gasteiger partial charge in [-0.05, 0) is 40.2 Å². The third-order valence-electron chi connectivity index (χ3n) is 4.51.